The average molecular weight is 310 g/mol. The van der Waals surface area contributed by atoms with Crippen LogP contribution in [-0.2, 0) is 13.1 Å². The Morgan fingerprint density at radius 2 is 1.95 bits per heavy atom. The van der Waals surface area contributed by atoms with Crippen LogP contribution in [0.25, 0.3) is 11.1 Å². The van der Waals surface area contributed by atoms with Gasteiger partial charge in [0.2, 0.25) is 0 Å². The quantitative estimate of drug-likeness (QED) is 0.885. The number of aromatic nitrogens is 2. The molecule has 8 heteroatoms. The van der Waals surface area contributed by atoms with Crippen LogP contribution in [0.5, 0.6) is 0 Å². The van der Waals surface area contributed by atoms with Crippen molar-refractivity contribution in [3.63, 3.8) is 0 Å². The Labute approximate surface area is 118 Å². The van der Waals surface area contributed by atoms with Crippen molar-refractivity contribution in [1.82, 2.24) is 9.78 Å². The van der Waals surface area contributed by atoms with E-state index < -0.39 is 18.5 Å². The van der Waals surface area contributed by atoms with Crippen LogP contribution in [0.2, 0.25) is 0 Å². The molecule has 0 amide bonds. The fraction of sp³-hybridized carbons (Fsp3) is 0.250. The second kappa shape index (κ2) is 6.23. The molecular weight excluding hydrogens is 298 g/mol. The van der Waals surface area contributed by atoms with E-state index in [9.17, 15) is 17.6 Å². The fourth-order valence-electron chi connectivity index (χ4n) is 1.69. The third kappa shape index (κ3) is 3.94. The molecule has 0 aliphatic carbocycles. The molecule has 2 aromatic rings. The van der Waals surface area contributed by atoms with Gasteiger partial charge < -0.3 is 5.73 Å². The summed E-state index contributed by atoms with van der Waals surface area (Å²) in [5.41, 5.74) is 6.48. The second-order valence-electron chi connectivity index (χ2n) is 4.06. The normalized spacial score (nSPS) is 11.2. The Kier molecular flexibility index (Phi) is 5.13. The van der Waals surface area contributed by atoms with Crippen molar-refractivity contribution in [2.75, 3.05) is 0 Å². The Morgan fingerprint density at radius 3 is 2.50 bits per heavy atom. The van der Waals surface area contributed by atoms with Gasteiger partial charge in [-0.2, -0.15) is 18.3 Å². The highest BCUT2D eigenvalue weighted by atomic mass is 35.5. The summed E-state index contributed by atoms with van der Waals surface area (Å²) < 4.78 is 51.0. The lowest BCUT2D eigenvalue weighted by atomic mass is 10.1. The van der Waals surface area contributed by atoms with Crippen molar-refractivity contribution in [2.24, 2.45) is 5.73 Å². The molecule has 0 bridgehead atoms. The first-order chi connectivity index (χ1) is 8.89. The van der Waals surface area contributed by atoms with Crippen LogP contribution in [0.4, 0.5) is 17.6 Å². The molecule has 1 heterocycles. The van der Waals surface area contributed by atoms with E-state index in [-0.39, 0.29) is 24.5 Å². The number of alkyl halides is 3. The van der Waals surface area contributed by atoms with E-state index in [1.165, 1.54) is 18.3 Å². The lowest BCUT2D eigenvalue weighted by Crippen LogP contribution is -2.17. The molecule has 3 nitrogen and oxygen atoms in total. The van der Waals surface area contributed by atoms with Gasteiger partial charge in [-0.05, 0) is 11.6 Å². The Balaban J connectivity index is 0.00000200. The molecule has 0 saturated carbocycles. The molecule has 0 spiro atoms. The predicted octanol–water partition coefficient (Wildman–Crippen LogP) is 3.13. The Hall–Kier alpha value is -1.60. The number of nitrogens with two attached hydrogens (primary N) is 1. The van der Waals surface area contributed by atoms with Crippen molar-refractivity contribution >= 4 is 12.4 Å². The van der Waals surface area contributed by atoms with Crippen molar-refractivity contribution in [1.29, 1.82) is 0 Å². The predicted molar refractivity (Wildman–Crippen MR) is 68.8 cm³/mol. The first-order valence-corrected chi connectivity index (χ1v) is 5.47. The standard InChI is InChI=1S/C12H11F4N3.ClH/c13-11-3-8(4-17)1-2-10(11)9-5-18-19(6-9)7-12(14,15)16;/h1-3,5-6H,4,7,17H2;1H. The summed E-state index contributed by atoms with van der Waals surface area (Å²) >= 11 is 0. The molecule has 0 unspecified atom stereocenters. The van der Waals surface area contributed by atoms with E-state index in [0.29, 0.717) is 11.1 Å². The average Bonchev–Trinajstić information content (AvgIpc) is 2.74. The maximum Gasteiger partial charge on any atom is 0.408 e. The van der Waals surface area contributed by atoms with E-state index in [0.717, 1.165) is 10.9 Å². The van der Waals surface area contributed by atoms with E-state index in [4.69, 9.17) is 5.73 Å². The third-order valence-corrected chi connectivity index (χ3v) is 2.55. The molecule has 0 aliphatic rings. The summed E-state index contributed by atoms with van der Waals surface area (Å²) in [4.78, 5) is 0. The highest BCUT2D eigenvalue weighted by molar-refractivity contribution is 5.85. The van der Waals surface area contributed by atoms with Gasteiger partial charge in [0.15, 0.2) is 0 Å². The molecule has 2 N–H and O–H groups in total. The maximum atomic E-state index is 13.8. The Bertz CT molecular complexity index is 580. The highest BCUT2D eigenvalue weighted by Crippen LogP contribution is 2.24. The zero-order valence-electron chi connectivity index (χ0n) is 10.2. The van der Waals surface area contributed by atoms with Crippen molar-refractivity contribution in [3.05, 3.63) is 42.0 Å². The smallest absolute Gasteiger partial charge is 0.326 e. The second-order valence-corrected chi connectivity index (χ2v) is 4.06. The Morgan fingerprint density at radius 1 is 1.25 bits per heavy atom. The molecule has 1 aromatic heterocycles. The zero-order chi connectivity index (χ0) is 14.0. The van der Waals surface area contributed by atoms with E-state index in [1.54, 1.807) is 6.07 Å². The van der Waals surface area contributed by atoms with Gasteiger partial charge in [-0.25, -0.2) is 4.39 Å². The third-order valence-electron chi connectivity index (χ3n) is 2.55. The molecule has 110 valence electrons. The molecule has 20 heavy (non-hydrogen) atoms. The van der Waals surface area contributed by atoms with Crippen molar-refractivity contribution in [2.45, 2.75) is 19.3 Å². The molecule has 0 fully saturated rings. The number of rotatable bonds is 3. The SMILES string of the molecule is Cl.NCc1ccc(-c2cnn(CC(F)(F)F)c2)c(F)c1. The van der Waals surface area contributed by atoms with Crippen LogP contribution >= 0.6 is 12.4 Å². The molecular formula is C12H12ClF4N3. The van der Waals surface area contributed by atoms with Gasteiger partial charge in [-0.3, -0.25) is 4.68 Å². The zero-order valence-corrected chi connectivity index (χ0v) is 11.0. The summed E-state index contributed by atoms with van der Waals surface area (Å²) in [6.45, 7) is -1.000. The van der Waals surface area contributed by atoms with E-state index >= 15 is 0 Å². The van der Waals surface area contributed by atoms with Crippen molar-refractivity contribution < 1.29 is 17.6 Å². The monoisotopic (exact) mass is 309 g/mol. The summed E-state index contributed by atoms with van der Waals surface area (Å²) in [6.07, 6.45) is -1.99. The van der Waals surface area contributed by atoms with Crippen LogP contribution in [0, 0.1) is 5.82 Å². The minimum atomic E-state index is -4.36. The first kappa shape index (κ1) is 16.5. The molecule has 0 aliphatic heterocycles. The van der Waals surface area contributed by atoms with E-state index in [2.05, 4.69) is 5.10 Å². The van der Waals surface area contributed by atoms with Crippen LogP contribution in [0.15, 0.2) is 30.6 Å². The lowest BCUT2D eigenvalue weighted by molar-refractivity contribution is -0.142. The largest absolute Gasteiger partial charge is 0.408 e. The van der Waals surface area contributed by atoms with Crippen LogP contribution in [0.3, 0.4) is 0 Å². The highest BCUT2D eigenvalue weighted by Gasteiger charge is 2.28. The summed E-state index contributed by atoms with van der Waals surface area (Å²) in [5, 5.41) is 3.57. The maximum absolute atomic E-state index is 13.8. The molecule has 2 rings (SSSR count). The number of hydrogen-bond acceptors (Lipinski definition) is 2. The minimum Gasteiger partial charge on any atom is -0.326 e. The number of hydrogen-bond donors (Lipinski definition) is 1. The number of halogens is 5. The van der Waals surface area contributed by atoms with Crippen LogP contribution in [0.1, 0.15) is 5.56 Å². The summed E-state index contributed by atoms with van der Waals surface area (Å²) in [6, 6.07) is 4.36. The van der Waals surface area contributed by atoms with Gasteiger partial charge in [-0.15, -0.1) is 12.4 Å². The molecule has 0 radical (unpaired) electrons. The minimum absolute atomic E-state index is 0. The lowest BCUT2D eigenvalue weighted by Gasteiger charge is -2.05. The fourth-order valence-corrected chi connectivity index (χ4v) is 1.69. The molecule has 0 atom stereocenters. The molecule has 0 saturated heterocycles. The first-order valence-electron chi connectivity index (χ1n) is 5.47. The summed E-state index contributed by atoms with van der Waals surface area (Å²) in [7, 11) is 0. The van der Waals surface area contributed by atoms with Crippen molar-refractivity contribution in [3.8, 4) is 11.1 Å². The van der Waals surface area contributed by atoms with Crippen LogP contribution in [-0.4, -0.2) is 16.0 Å². The topological polar surface area (TPSA) is 43.8 Å². The van der Waals surface area contributed by atoms with Gasteiger partial charge in [0.05, 0.1) is 6.20 Å². The van der Waals surface area contributed by atoms with Gasteiger partial charge in [0, 0.05) is 23.9 Å². The van der Waals surface area contributed by atoms with Gasteiger partial charge in [0.1, 0.15) is 12.4 Å². The van der Waals surface area contributed by atoms with Crippen LogP contribution < -0.4 is 5.73 Å². The molecule has 1 aromatic carbocycles. The van der Waals surface area contributed by atoms with Gasteiger partial charge in [0.25, 0.3) is 0 Å². The number of benzene rings is 1. The van der Waals surface area contributed by atoms with Gasteiger partial charge in [-0.1, -0.05) is 12.1 Å². The van der Waals surface area contributed by atoms with Gasteiger partial charge >= 0.3 is 6.18 Å². The van der Waals surface area contributed by atoms with E-state index in [1.807, 2.05) is 0 Å². The summed E-state index contributed by atoms with van der Waals surface area (Å²) in [5.74, 6) is -0.533. The number of nitrogens with zero attached hydrogens (tertiary/aromatic N) is 2.